The third kappa shape index (κ3) is 5.34. The number of unbranched alkanes of at least 4 members (excludes halogenated alkanes) is 2. The van der Waals surface area contributed by atoms with Gasteiger partial charge in [0.05, 0.1) is 16.7 Å². The maximum atomic E-state index is 12.7. The molecule has 0 radical (unpaired) electrons. The van der Waals surface area contributed by atoms with Gasteiger partial charge in [-0.15, -0.1) is 6.58 Å². The molecule has 0 aliphatic carbocycles. The lowest BCUT2D eigenvalue weighted by molar-refractivity contribution is -0.118. The molecule has 0 saturated carbocycles. The lowest BCUT2D eigenvalue weighted by Gasteiger charge is -2.11. The Morgan fingerprint density at radius 3 is 2.96 bits per heavy atom. The van der Waals surface area contributed by atoms with Crippen LogP contribution in [0.25, 0.3) is 10.9 Å². The van der Waals surface area contributed by atoms with E-state index in [-0.39, 0.29) is 17.2 Å². The first kappa shape index (κ1) is 19.5. The van der Waals surface area contributed by atoms with Crippen LogP contribution in [0.1, 0.15) is 26.2 Å². The van der Waals surface area contributed by atoms with Crippen LogP contribution < -0.4 is 10.9 Å². The van der Waals surface area contributed by atoms with Crippen molar-refractivity contribution in [2.75, 3.05) is 12.3 Å². The van der Waals surface area contributed by atoms with Gasteiger partial charge in [-0.05, 0) is 24.6 Å². The van der Waals surface area contributed by atoms with Crippen molar-refractivity contribution in [3.8, 4) is 0 Å². The van der Waals surface area contributed by atoms with Gasteiger partial charge in [-0.1, -0.05) is 49.2 Å². The number of thioether (sulfide) groups is 1. The number of benzene rings is 1. The fourth-order valence-electron chi connectivity index (χ4n) is 2.36. The van der Waals surface area contributed by atoms with Gasteiger partial charge in [0.25, 0.3) is 5.56 Å². The molecule has 2 rings (SSSR count). The molecule has 0 fully saturated rings. The maximum Gasteiger partial charge on any atom is 0.262 e. The molecular formula is C18H22ClN3O2S. The highest BCUT2D eigenvalue weighted by Gasteiger charge is 2.13. The second-order valence-electron chi connectivity index (χ2n) is 5.61. The molecule has 1 N–H and O–H groups in total. The lowest BCUT2D eigenvalue weighted by atomic mass is 10.2. The summed E-state index contributed by atoms with van der Waals surface area (Å²) in [5.74, 6) is 0.158. The van der Waals surface area contributed by atoms with E-state index in [0.29, 0.717) is 34.2 Å². The summed E-state index contributed by atoms with van der Waals surface area (Å²) in [6.45, 7) is 6.81. The summed E-state index contributed by atoms with van der Waals surface area (Å²) in [5, 5.41) is 4.34. The number of carbonyl (C=O) groups excluding carboxylic acids is 1. The number of aromatic nitrogens is 2. The monoisotopic (exact) mass is 379 g/mol. The molecule has 5 nitrogen and oxygen atoms in total. The standard InChI is InChI=1S/C18H22ClN3O2S/c1-3-5-6-9-20-16(23)12-25-18-21-15-8-7-13(19)11-14(15)17(24)22(18)10-4-2/h4,7-8,11H,2-3,5-6,9-10,12H2,1H3,(H,20,23). The highest BCUT2D eigenvalue weighted by Crippen LogP contribution is 2.20. The number of fused-ring (bicyclic) bond motifs is 1. The Labute approximate surface area is 156 Å². The Bertz CT molecular complexity index is 820. The van der Waals surface area contributed by atoms with Gasteiger partial charge in [-0.25, -0.2) is 4.98 Å². The molecule has 0 aliphatic heterocycles. The van der Waals surface area contributed by atoms with Gasteiger partial charge in [-0.2, -0.15) is 0 Å². The number of carbonyl (C=O) groups is 1. The van der Waals surface area contributed by atoms with Crippen LogP contribution in [0.4, 0.5) is 0 Å². The zero-order chi connectivity index (χ0) is 18.2. The van der Waals surface area contributed by atoms with Crippen molar-refractivity contribution in [3.63, 3.8) is 0 Å². The van der Waals surface area contributed by atoms with Crippen LogP contribution in [0.15, 0.2) is 40.8 Å². The molecule has 0 unspecified atom stereocenters. The Balaban J connectivity index is 2.17. The largest absolute Gasteiger partial charge is 0.355 e. The van der Waals surface area contributed by atoms with Gasteiger partial charge in [0, 0.05) is 18.1 Å². The van der Waals surface area contributed by atoms with Gasteiger partial charge in [-0.3, -0.25) is 14.2 Å². The topological polar surface area (TPSA) is 64.0 Å². The summed E-state index contributed by atoms with van der Waals surface area (Å²) in [6, 6.07) is 5.02. The summed E-state index contributed by atoms with van der Waals surface area (Å²) in [5.41, 5.74) is 0.388. The Kier molecular flexibility index (Phi) is 7.52. The molecule has 2 aromatic rings. The molecular weight excluding hydrogens is 358 g/mol. The lowest BCUT2D eigenvalue weighted by Crippen LogP contribution is -2.27. The number of hydrogen-bond donors (Lipinski definition) is 1. The van der Waals surface area contributed by atoms with Crippen LogP contribution in [0.5, 0.6) is 0 Å². The Morgan fingerprint density at radius 2 is 2.24 bits per heavy atom. The molecule has 1 heterocycles. The van der Waals surface area contributed by atoms with Crippen molar-refractivity contribution in [3.05, 3.63) is 46.2 Å². The second kappa shape index (κ2) is 9.63. The fraction of sp³-hybridized carbons (Fsp3) is 0.389. The first-order valence-corrected chi connectivity index (χ1v) is 9.63. The molecule has 134 valence electrons. The van der Waals surface area contributed by atoms with Crippen molar-refractivity contribution >= 4 is 40.2 Å². The number of hydrogen-bond acceptors (Lipinski definition) is 4. The predicted octanol–water partition coefficient (Wildman–Crippen LogP) is 3.63. The van der Waals surface area contributed by atoms with Gasteiger partial charge in [0.15, 0.2) is 5.16 Å². The smallest absolute Gasteiger partial charge is 0.262 e. The van der Waals surface area contributed by atoms with Crippen molar-refractivity contribution < 1.29 is 4.79 Å². The van der Waals surface area contributed by atoms with Crippen molar-refractivity contribution in [2.45, 2.75) is 37.9 Å². The van der Waals surface area contributed by atoms with Crippen LogP contribution in [0.2, 0.25) is 5.02 Å². The van der Waals surface area contributed by atoms with Crippen molar-refractivity contribution in [2.24, 2.45) is 0 Å². The molecule has 1 amide bonds. The average molecular weight is 380 g/mol. The SMILES string of the molecule is C=CCn1c(SCC(=O)NCCCCC)nc2ccc(Cl)cc2c1=O. The van der Waals surface area contributed by atoms with Crippen LogP contribution in [-0.4, -0.2) is 27.8 Å². The fourth-order valence-corrected chi connectivity index (χ4v) is 3.37. The van der Waals surface area contributed by atoms with E-state index in [1.54, 1.807) is 24.3 Å². The number of halogens is 1. The van der Waals surface area contributed by atoms with Gasteiger partial charge in [0.1, 0.15) is 0 Å². The average Bonchev–Trinajstić information content (AvgIpc) is 2.60. The molecule has 1 aromatic carbocycles. The second-order valence-corrected chi connectivity index (χ2v) is 6.98. The predicted molar refractivity (Wildman–Crippen MR) is 104 cm³/mol. The van der Waals surface area contributed by atoms with E-state index in [0.717, 1.165) is 19.3 Å². The third-order valence-corrected chi connectivity index (χ3v) is 4.84. The number of rotatable bonds is 9. The van der Waals surface area contributed by atoms with E-state index in [2.05, 4.69) is 23.8 Å². The van der Waals surface area contributed by atoms with Crippen LogP contribution in [0.3, 0.4) is 0 Å². The van der Waals surface area contributed by atoms with Gasteiger partial charge >= 0.3 is 0 Å². The summed E-state index contributed by atoms with van der Waals surface area (Å²) >= 11 is 7.23. The molecule has 1 aromatic heterocycles. The maximum absolute atomic E-state index is 12.7. The van der Waals surface area contributed by atoms with E-state index in [1.807, 2.05) is 0 Å². The Hall–Kier alpha value is -1.79. The molecule has 0 saturated heterocycles. The minimum atomic E-state index is -0.182. The molecule has 7 heteroatoms. The number of amides is 1. The number of nitrogens with zero attached hydrogens (tertiary/aromatic N) is 2. The summed E-state index contributed by atoms with van der Waals surface area (Å²) in [6.07, 6.45) is 4.82. The van der Waals surface area contributed by atoms with Crippen molar-refractivity contribution in [1.82, 2.24) is 14.9 Å². The zero-order valence-corrected chi connectivity index (χ0v) is 15.8. The van der Waals surface area contributed by atoms with Gasteiger partial charge < -0.3 is 5.32 Å². The number of nitrogens with one attached hydrogen (secondary N) is 1. The van der Waals surface area contributed by atoms with E-state index >= 15 is 0 Å². The minimum absolute atomic E-state index is 0.0586. The van der Waals surface area contributed by atoms with Crippen LogP contribution >= 0.6 is 23.4 Å². The highest BCUT2D eigenvalue weighted by molar-refractivity contribution is 7.99. The summed E-state index contributed by atoms with van der Waals surface area (Å²) in [7, 11) is 0. The number of allylic oxidation sites excluding steroid dienone is 1. The van der Waals surface area contributed by atoms with E-state index in [4.69, 9.17) is 11.6 Å². The Morgan fingerprint density at radius 1 is 1.44 bits per heavy atom. The van der Waals surface area contributed by atoms with E-state index in [9.17, 15) is 9.59 Å². The van der Waals surface area contributed by atoms with Crippen LogP contribution in [0, 0.1) is 0 Å². The van der Waals surface area contributed by atoms with E-state index < -0.39 is 0 Å². The molecule has 0 aliphatic rings. The van der Waals surface area contributed by atoms with Crippen molar-refractivity contribution in [1.29, 1.82) is 0 Å². The molecule has 0 spiro atoms. The third-order valence-electron chi connectivity index (χ3n) is 3.63. The van der Waals surface area contributed by atoms with Gasteiger partial charge in [0.2, 0.25) is 5.91 Å². The highest BCUT2D eigenvalue weighted by atomic mass is 35.5. The van der Waals surface area contributed by atoms with E-state index in [1.165, 1.54) is 16.3 Å². The normalized spacial score (nSPS) is 10.8. The molecule has 0 atom stereocenters. The quantitative estimate of drug-likeness (QED) is 0.313. The first-order chi connectivity index (χ1) is 12.1. The zero-order valence-electron chi connectivity index (χ0n) is 14.3. The summed E-state index contributed by atoms with van der Waals surface area (Å²) in [4.78, 5) is 29.2. The summed E-state index contributed by atoms with van der Waals surface area (Å²) < 4.78 is 1.51. The molecule has 25 heavy (non-hydrogen) atoms. The molecule has 0 bridgehead atoms. The first-order valence-electron chi connectivity index (χ1n) is 8.27. The minimum Gasteiger partial charge on any atom is -0.355 e. The van der Waals surface area contributed by atoms with Crippen LogP contribution in [-0.2, 0) is 11.3 Å².